The van der Waals surface area contributed by atoms with Gasteiger partial charge in [-0.05, 0) is 24.6 Å². The van der Waals surface area contributed by atoms with Gasteiger partial charge in [-0.1, -0.05) is 12.1 Å². The molecule has 1 saturated heterocycles. The van der Waals surface area contributed by atoms with Gasteiger partial charge in [0, 0.05) is 32.4 Å². The van der Waals surface area contributed by atoms with Gasteiger partial charge in [-0.3, -0.25) is 4.79 Å². The van der Waals surface area contributed by atoms with Crippen molar-refractivity contribution in [2.75, 3.05) is 38.3 Å². The smallest absolute Gasteiger partial charge is 0.265 e. The fourth-order valence-electron chi connectivity index (χ4n) is 2.66. The van der Waals surface area contributed by atoms with Crippen LogP contribution in [0.5, 0.6) is 0 Å². The summed E-state index contributed by atoms with van der Waals surface area (Å²) >= 11 is 1.40. The molecule has 2 aromatic rings. The minimum Gasteiger partial charge on any atom is -0.378 e. The average molecular weight is 331 g/mol. The van der Waals surface area contributed by atoms with Crippen LogP contribution in [-0.4, -0.2) is 49.1 Å². The normalized spacial score (nSPS) is 14.8. The predicted molar refractivity (Wildman–Crippen MR) is 92.1 cm³/mol. The largest absolute Gasteiger partial charge is 0.378 e. The second-order valence-corrected chi connectivity index (χ2v) is 6.55. The number of benzene rings is 1. The Morgan fingerprint density at radius 1 is 1.30 bits per heavy atom. The molecule has 2 heterocycles. The highest BCUT2D eigenvalue weighted by atomic mass is 32.1. The molecule has 1 aromatic heterocycles. The first-order valence-electron chi connectivity index (χ1n) is 7.72. The maximum Gasteiger partial charge on any atom is 0.265 e. The molecule has 122 valence electrons. The van der Waals surface area contributed by atoms with Gasteiger partial charge in [-0.2, -0.15) is 0 Å². The van der Waals surface area contributed by atoms with Crippen molar-refractivity contribution in [3.63, 3.8) is 0 Å². The molecular weight excluding hydrogens is 310 g/mol. The Morgan fingerprint density at radius 2 is 2.00 bits per heavy atom. The van der Waals surface area contributed by atoms with Gasteiger partial charge < -0.3 is 14.5 Å². The molecule has 0 spiro atoms. The highest BCUT2D eigenvalue weighted by molar-refractivity contribution is 7.11. The second-order valence-electron chi connectivity index (χ2n) is 5.69. The van der Waals surface area contributed by atoms with Crippen LogP contribution in [-0.2, 0) is 11.3 Å². The summed E-state index contributed by atoms with van der Waals surface area (Å²) in [5, 5.41) is 0. The van der Waals surface area contributed by atoms with Crippen LogP contribution < -0.4 is 4.90 Å². The highest BCUT2D eigenvalue weighted by Crippen LogP contribution is 2.19. The van der Waals surface area contributed by atoms with Crippen LogP contribution in [0.3, 0.4) is 0 Å². The first kappa shape index (κ1) is 16.0. The van der Waals surface area contributed by atoms with Crippen molar-refractivity contribution in [2.45, 2.75) is 13.5 Å². The number of carbonyl (C=O) groups is 1. The van der Waals surface area contributed by atoms with E-state index in [1.165, 1.54) is 17.0 Å². The van der Waals surface area contributed by atoms with E-state index in [1.54, 1.807) is 10.4 Å². The Bertz CT molecular complexity index is 663. The number of aromatic nitrogens is 1. The van der Waals surface area contributed by atoms with Gasteiger partial charge in [0.25, 0.3) is 5.91 Å². The van der Waals surface area contributed by atoms with E-state index >= 15 is 0 Å². The molecule has 0 aliphatic carbocycles. The Balaban J connectivity index is 1.63. The maximum absolute atomic E-state index is 12.4. The topological polar surface area (TPSA) is 45.7 Å². The van der Waals surface area contributed by atoms with Crippen molar-refractivity contribution >= 4 is 22.9 Å². The third-order valence-corrected chi connectivity index (χ3v) is 4.94. The zero-order valence-corrected chi connectivity index (χ0v) is 14.3. The van der Waals surface area contributed by atoms with Crippen LogP contribution in [0.2, 0.25) is 0 Å². The lowest BCUT2D eigenvalue weighted by Gasteiger charge is -2.29. The number of morpholine rings is 1. The van der Waals surface area contributed by atoms with Crippen molar-refractivity contribution in [3.05, 3.63) is 45.9 Å². The maximum atomic E-state index is 12.4. The van der Waals surface area contributed by atoms with Gasteiger partial charge in [0.2, 0.25) is 0 Å². The third kappa shape index (κ3) is 3.71. The summed E-state index contributed by atoms with van der Waals surface area (Å²) in [6.45, 7) is 5.90. The van der Waals surface area contributed by atoms with E-state index in [4.69, 9.17) is 4.74 Å². The number of hydrogen-bond donors (Lipinski definition) is 0. The second kappa shape index (κ2) is 7.10. The summed E-state index contributed by atoms with van der Waals surface area (Å²) in [6.07, 6.45) is 0. The molecule has 0 saturated carbocycles. The van der Waals surface area contributed by atoms with E-state index in [-0.39, 0.29) is 5.91 Å². The lowest BCUT2D eigenvalue weighted by Crippen LogP contribution is -2.36. The van der Waals surface area contributed by atoms with Crippen molar-refractivity contribution < 1.29 is 9.53 Å². The van der Waals surface area contributed by atoms with Gasteiger partial charge in [-0.25, -0.2) is 4.98 Å². The minimum absolute atomic E-state index is 0.0299. The number of amides is 1. The first-order chi connectivity index (χ1) is 11.1. The molecule has 0 N–H and O–H groups in total. The first-order valence-corrected chi connectivity index (χ1v) is 8.60. The summed E-state index contributed by atoms with van der Waals surface area (Å²) in [5.41, 5.74) is 4.85. The molecule has 0 atom stereocenters. The monoisotopic (exact) mass is 331 g/mol. The molecule has 0 bridgehead atoms. The number of hydrogen-bond acceptors (Lipinski definition) is 5. The molecular formula is C17H21N3O2S. The Kier molecular flexibility index (Phi) is 4.93. The number of carbonyl (C=O) groups excluding carboxylic acids is 1. The summed E-state index contributed by atoms with van der Waals surface area (Å²) in [4.78, 5) is 21.3. The van der Waals surface area contributed by atoms with Crippen LogP contribution in [0.15, 0.2) is 29.8 Å². The van der Waals surface area contributed by atoms with Crippen LogP contribution in [0.25, 0.3) is 0 Å². The fraction of sp³-hybridized carbons (Fsp3) is 0.412. The van der Waals surface area contributed by atoms with Gasteiger partial charge in [0.05, 0.1) is 24.4 Å². The van der Waals surface area contributed by atoms with Crippen LogP contribution in [0.1, 0.15) is 20.9 Å². The summed E-state index contributed by atoms with van der Waals surface area (Å²) in [7, 11) is 1.83. The van der Waals surface area contributed by atoms with Crippen LogP contribution in [0, 0.1) is 6.92 Å². The Labute approximate surface area is 140 Å². The van der Waals surface area contributed by atoms with Gasteiger partial charge >= 0.3 is 0 Å². The fourth-order valence-corrected chi connectivity index (χ4v) is 3.46. The quantitative estimate of drug-likeness (QED) is 0.864. The van der Waals surface area contributed by atoms with Crippen molar-refractivity contribution in [1.82, 2.24) is 9.88 Å². The van der Waals surface area contributed by atoms with E-state index < -0.39 is 0 Å². The SMILES string of the molecule is Cc1ncsc1C(=O)N(C)Cc1ccc(N2CCOCC2)cc1. The zero-order valence-electron chi connectivity index (χ0n) is 13.5. The molecule has 6 heteroatoms. The minimum atomic E-state index is 0.0299. The molecule has 0 unspecified atom stereocenters. The van der Waals surface area contributed by atoms with E-state index in [9.17, 15) is 4.79 Å². The summed E-state index contributed by atoms with van der Waals surface area (Å²) < 4.78 is 5.38. The number of thiazole rings is 1. The van der Waals surface area contributed by atoms with Gasteiger partial charge in [-0.15, -0.1) is 11.3 Å². The van der Waals surface area contributed by atoms with Crippen molar-refractivity contribution in [2.24, 2.45) is 0 Å². The van der Waals surface area contributed by atoms with Crippen LogP contribution in [0.4, 0.5) is 5.69 Å². The van der Waals surface area contributed by atoms with E-state index in [1.807, 2.05) is 14.0 Å². The molecule has 1 aliphatic heterocycles. The van der Waals surface area contributed by atoms with Gasteiger partial charge in [0.15, 0.2) is 0 Å². The van der Waals surface area contributed by atoms with Crippen molar-refractivity contribution in [3.8, 4) is 0 Å². The third-order valence-electron chi connectivity index (χ3n) is 4.02. The van der Waals surface area contributed by atoms with Crippen LogP contribution >= 0.6 is 11.3 Å². The number of ether oxygens (including phenoxy) is 1. The van der Waals surface area contributed by atoms with Crippen molar-refractivity contribution in [1.29, 1.82) is 0 Å². The Hall–Kier alpha value is -1.92. The summed E-state index contributed by atoms with van der Waals surface area (Å²) in [5.74, 6) is 0.0299. The predicted octanol–water partition coefficient (Wildman–Crippen LogP) is 2.56. The standard InChI is InChI=1S/C17H21N3O2S/c1-13-16(23-12-18-13)17(21)19(2)11-14-3-5-15(6-4-14)20-7-9-22-10-8-20/h3-6,12H,7-11H2,1-2H3. The number of nitrogens with zero attached hydrogens (tertiary/aromatic N) is 3. The van der Waals surface area contributed by atoms with E-state index in [0.29, 0.717) is 6.54 Å². The number of anilines is 1. The lowest BCUT2D eigenvalue weighted by atomic mass is 10.1. The average Bonchev–Trinajstić information content (AvgIpc) is 3.01. The molecule has 0 radical (unpaired) electrons. The molecule has 1 aliphatic rings. The zero-order chi connectivity index (χ0) is 16.2. The molecule has 1 aromatic carbocycles. The summed E-state index contributed by atoms with van der Waals surface area (Å²) in [6, 6.07) is 8.43. The lowest BCUT2D eigenvalue weighted by molar-refractivity contribution is 0.0789. The Morgan fingerprint density at radius 3 is 2.61 bits per heavy atom. The van der Waals surface area contributed by atoms with Gasteiger partial charge in [0.1, 0.15) is 4.88 Å². The van der Waals surface area contributed by atoms with E-state index in [2.05, 4.69) is 34.1 Å². The number of rotatable bonds is 4. The highest BCUT2D eigenvalue weighted by Gasteiger charge is 2.17. The number of aryl methyl sites for hydroxylation is 1. The molecule has 5 nitrogen and oxygen atoms in total. The molecule has 3 rings (SSSR count). The molecule has 1 fully saturated rings. The van der Waals surface area contributed by atoms with E-state index in [0.717, 1.165) is 42.4 Å². The molecule has 1 amide bonds. The molecule has 23 heavy (non-hydrogen) atoms.